The van der Waals surface area contributed by atoms with E-state index < -0.39 is 5.97 Å². The first kappa shape index (κ1) is 18.6. The molecule has 128 valence electrons. The van der Waals surface area contributed by atoms with Crippen LogP contribution < -0.4 is 20.1 Å². The fourth-order valence-corrected chi connectivity index (χ4v) is 2.13. The summed E-state index contributed by atoms with van der Waals surface area (Å²) >= 11 is 0. The van der Waals surface area contributed by atoms with Crippen molar-refractivity contribution in [3.05, 3.63) is 23.8 Å². The second-order valence-corrected chi connectivity index (χ2v) is 5.19. The molecule has 7 heteroatoms. The van der Waals surface area contributed by atoms with Gasteiger partial charge in [-0.05, 0) is 37.5 Å². The highest BCUT2D eigenvalue weighted by Crippen LogP contribution is 2.27. The van der Waals surface area contributed by atoms with Gasteiger partial charge in [0.05, 0.1) is 14.2 Å². The van der Waals surface area contributed by atoms with Crippen molar-refractivity contribution in [2.75, 3.05) is 20.8 Å². The van der Waals surface area contributed by atoms with Gasteiger partial charge < -0.3 is 25.2 Å². The quantitative estimate of drug-likeness (QED) is 0.602. The highest BCUT2D eigenvalue weighted by atomic mass is 16.5. The van der Waals surface area contributed by atoms with Crippen molar-refractivity contribution in [1.82, 2.24) is 10.6 Å². The van der Waals surface area contributed by atoms with Gasteiger partial charge in [-0.3, -0.25) is 4.79 Å². The molecule has 0 aliphatic carbocycles. The topological polar surface area (TPSA) is 96.9 Å². The number of amides is 2. The molecule has 3 N–H and O–H groups in total. The lowest BCUT2D eigenvalue weighted by molar-refractivity contribution is -0.137. The van der Waals surface area contributed by atoms with Gasteiger partial charge in [-0.2, -0.15) is 0 Å². The molecule has 1 atom stereocenters. The number of methoxy groups -OCH3 is 2. The zero-order valence-electron chi connectivity index (χ0n) is 13.7. The van der Waals surface area contributed by atoms with Crippen LogP contribution in [0.1, 0.15) is 25.3 Å². The van der Waals surface area contributed by atoms with Gasteiger partial charge >= 0.3 is 12.0 Å². The van der Waals surface area contributed by atoms with Gasteiger partial charge in [0.1, 0.15) is 0 Å². The summed E-state index contributed by atoms with van der Waals surface area (Å²) < 4.78 is 10.4. The van der Waals surface area contributed by atoms with E-state index in [2.05, 4.69) is 10.6 Å². The van der Waals surface area contributed by atoms with Crippen LogP contribution in [0.5, 0.6) is 11.5 Å². The number of hydrogen-bond donors (Lipinski definition) is 3. The number of carboxylic acid groups (broad SMARTS) is 1. The van der Waals surface area contributed by atoms with Crippen LogP contribution in [0.3, 0.4) is 0 Å². The van der Waals surface area contributed by atoms with Crippen LogP contribution in [0.2, 0.25) is 0 Å². The van der Waals surface area contributed by atoms with Gasteiger partial charge in [0, 0.05) is 19.0 Å². The molecule has 1 aromatic carbocycles. The largest absolute Gasteiger partial charge is 0.493 e. The lowest BCUT2D eigenvalue weighted by atomic mass is 10.1. The van der Waals surface area contributed by atoms with Crippen molar-refractivity contribution in [1.29, 1.82) is 0 Å². The van der Waals surface area contributed by atoms with Gasteiger partial charge in [0.25, 0.3) is 0 Å². The molecule has 0 saturated carbocycles. The van der Waals surface area contributed by atoms with E-state index in [9.17, 15) is 9.59 Å². The molecular weight excluding hydrogens is 300 g/mol. The normalized spacial score (nSPS) is 11.4. The number of benzene rings is 1. The van der Waals surface area contributed by atoms with E-state index in [-0.39, 0.29) is 18.5 Å². The first-order chi connectivity index (χ1) is 11.0. The van der Waals surface area contributed by atoms with E-state index in [1.807, 2.05) is 25.1 Å². The Hall–Kier alpha value is -2.44. The summed E-state index contributed by atoms with van der Waals surface area (Å²) in [6, 6.07) is 5.25. The summed E-state index contributed by atoms with van der Waals surface area (Å²) in [6.45, 7) is 2.23. The Kier molecular flexibility index (Phi) is 7.73. The van der Waals surface area contributed by atoms with Crippen molar-refractivity contribution in [3.63, 3.8) is 0 Å². The predicted octanol–water partition coefficient (Wildman–Crippen LogP) is 1.80. The van der Waals surface area contributed by atoms with Crippen molar-refractivity contribution in [2.24, 2.45) is 0 Å². The number of carbonyl (C=O) groups excluding carboxylic acids is 1. The number of urea groups is 1. The minimum Gasteiger partial charge on any atom is -0.493 e. The Balaban J connectivity index is 2.42. The van der Waals surface area contributed by atoms with Gasteiger partial charge in [-0.1, -0.05) is 6.07 Å². The van der Waals surface area contributed by atoms with Crippen LogP contribution in [-0.2, 0) is 11.2 Å². The summed E-state index contributed by atoms with van der Waals surface area (Å²) in [5.41, 5.74) is 1.02. The third kappa shape index (κ3) is 6.90. The molecule has 0 spiro atoms. The average molecular weight is 324 g/mol. The minimum atomic E-state index is -0.867. The third-order valence-electron chi connectivity index (χ3n) is 3.22. The Bertz CT molecular complexity index is 533. The zero-order valence-corrected chi connectivity index (χ0v) is 13.7. The molecule has 0 aromatic heterocycles. The van der Waals surface area contributed by atoms with E-state index in [4.69, 9.17) is 14.6 Å². The van der Waals surface area contributed by atoms with Crippen LogP contribution in [-0.4, -0.2) is 43.9 Å². The summed E-state index contributed by atoms with van der Waals surface area (Å²) in [5, 5.41) is 14.0. The lowest BCUT2D eigenvalue weighted by Gasteiger charge is -2.16. The van der Waals surface area contributed by atoms with Crippen molar-refractivity contribution in [3.8, 4) is 11.5 Å². The van der Waals surface area contributed by atoms with Gasteiger partial charge in [-0.15, -0.1) is 0 Å². The molecule has 2 amide bonds. The standard InChI is InChI=1S/C16H24N2O5/c1-11(18-16(21)17-8-4-5-15(19)20)9-12-6-7-13(22-2)14(10-12)23-3/h6-7,10-11H,4-5,8-9H2,1-3H3,(H,19,20)(H2,17,18,21). The number of aliphatic carboxylic acids is 1. The maximum Gasteiger partial charge on any atom is 0.315 e. The second-order valence-electron chi connectivity index (χ2n) is 5.19. The molecule has 23 heavy (non-hydrogen) atoms. The number of hydrogen-bond acceptors (Lipinski definition) is 4. The molecule has 1 unspecified atom stereocenters. The molecule has 0 bridgehead atoms. The molecule has 0 aliphatic rings. The van der Waals surface area contributed by atoms with Crippen molar-refractivity contribution < 1.29 is 24.2 Å². The Morgan fingerprint density at radius 1 is 1.22 bits per heavy atom. The molecule has 0 radical (unpaired) electrons. The zero-order chi connectivity index (χ0) is 17.2. The maximum absolute atomic E-state index is 11.7. The average Bonchev–Trinajstić information content (AvgIpc) is 2.51. The maximum atomic E-state index is 11.7. The molecule has 0 fully saturated rings. The highest BCUT2D eigenvalue weighted by Gasteiger charge is 2.10. The van der Waals surface area contributed by atoms with E-state index in [1.54, 1.807) is 14.2 Å². The summed E-state index contributed by atoms with van der Waals surface area (Å²) in [4.78, 5) is 22.1. The third-order valence-corrected chi connectivity index (χ3v) is 3.22. The molecular formula is C16H24N2O5. The van der Waals surface area contributed by atoms with Crippen LogP contribution in [0.25, 0.3) is 0 Å². The lowest BCUT2D eigenvalue weighted by Crippen LogP contribution is -2.42. The molecule has 1 aromatic rings. The van der Waals surface area contributed by atoms with Gasteiger partial charge in [0.2, 0.25) is 0 Å². The number of rotatable bonds is 9. The number of carboxylic acids is 1. The summed E-state index contributed by atoms with van der Waals surface area (Å²) in [6.07, 6.45) is 1.09. The van der Waals surface area contributed by atoms with E-state index >= 15 is 0 Å². The number of ether oxygens (including phenoxy) is 2. The molecule has 0 heterocycles. The highest BCUT2D eigenvalue weighted by molar-refractivity contribution is 5.74. The smallest absolute Gasteiger partial charge is 0.315 e. The molecule has 0 saturated heterocycles. The van der Waals surface area contributed by atoms with Gasteiger partial charge in [-0.25, -0.2) is 4.79 Å². The van der Waals surface area contributed by atoms with E-state index in [0.717, 1.165) is 5.56 Å². The van der Waals surface area contributed by atoms with Crippen LogP contribution >= 0.6 is 0 Å². The number of nitrogens with one attached hydrogen (secondary N) is 2. The Morgan fingerprint density at radius 2 is 1.91 bits per heavy atom. The van der Waals surface area contributed by atoms with Crippen molar-refractivity contribution >= 4 is 12.0 Å². The number of carbonyl (C=O) groups is 2. The fraction of sp³-hybridized carbons (Fsp3) is 0.500. The minimum absolute atomic E-state index is 0.0431. The van der Waals surface area contributed by atoms with Crippen LogP contribution in [0, 0.1) is 0 Å². The van der Waals surface area contributed by atoms with Crippen LogP contribution in [0.4, 0.5) is 4.79 Å². The van der Waals surface area contributed by atoms with E-state index in [1.165, 1.54) is 0 Å². The van der Waals surface area contributed by atoms with Crippen LogP contribution in [0.15, 0.2) is 18.2 Å². The SMILES string of the molecule is COc1ccc(CC(C)NC(=O)NCCCC(=O)O)cc1OC. The monoisotopic (exact) mass is 324 g/mol. The van der Waals surface area contributed by atoms with Gasteiger partial charge in [0.15, 0.2) is 11.5 Å². The summed E-state index contributed by atoms with van der Waals surface area (Å²) in [5.74, 6) is 0.442. The van der Waals surface area contributed by atoms with Crippen molar-refractivity contribution in [2.45, 2.75) is 32.2 Å². The fourth-order valence-electron chi connectivity index (χ4n) is 2.13. The molecule has 0 aliphatic heterocycles. The first-order valence-electron chi connectivity index (χ1n) is 7.43. The van der Waals surface area contributed by atoms with E-state index in [0.29, 0.717) is 30.9 Å². The summed E-state index contributed by atoms with van der Waals surface area (Å²) in [7, 11) is 3.16. The first-order valence-corrected chi connectivity index (χ1v) is 7.43. The Morgan fingerprint density at radius 3 is 2.52 bits per heavy atom. The molecule has 7 nitrogen and oxygen atoms in total. The second kappa shape index (κ2) is 9.55. The predicted molar refractivity (Wildman–Crippen MR) is 86.1 cm³/mol. The molecule has 1 rings (SSSR count). The Labute approximate surface area is 136 Å².